The van der Waals surface area contributed by atoms with Gasteiger partial charge in [0, 0.05) is 19.4 Å². The molecule has 0 saturated heterocycles. The minimum absolute atomic E-state index is 0.0579. The molecular formula is C64H126NO8P. The summed E-state index contributed by atoms with van der Waals surface area (Å²) in [7, 11) is -4.38. The lowest BCUT2D eigenvalue weighted by Crippen LogP contribution is -2.29. The molecule has 440 valence electrons. The molecule has 0 saturated carbocycles. The van der Waals surface area contributed by atoms with Gasteiger partial charge in [0.2, 0.25) is 0 Å². The van der Waals surface area contributed by atoms with Crippen molar-refractivity contribution in [2.75, 3.05) is 26.4 Å². The highest BCUT2D eigenvalue weighted by molar-refractivity contribution is 7.47. The summed E-state index contributed by atoms with van der Waals surface area (Å²) in [5.74, 6) is -0.805. The number of phosphoric acid groups is 1. The Morgan fingerprint density at radius 2 is 0.662 bits per heavy atom. The molecule has 3 N–H and O–H groups in total. The SMILES string of the molecule is CCCCCCCCCC/C=C\CCCCCCCCCCCCCCCCCCCCCCCCCCCCCC(=O)OC(COC(=O)CCCCCCCCCCCCCCCC)COP(=O)(O)OCCN. The van der Waals surface area contributed by atoms with Gasteiger partial charge in [0.15, 0.2) is 6.10 Å². The minimum Gasteiger partial charge on any atom is -0.462 e. The molecule has 0 radical (unpaired) electrons. The molecule has 0 amide bonds. The van der Waals surface area contributed by atoms with Crippen molar-refractivity contribution in [2.24, 2.45) is 5.73 Å². The van der Waals surface area contributed by atoms with Crippen LogP contribution in [-0.4, -0.2) is 49.3 Å². The maximum Gasteiger partial charge on any atom is 0.472 e. The molecule has 2 atom stereocenters. The molecule has 10 heteroatoms. The van der Waals surface area contributed by atoms with Gasteiger partial charge < -0.3 is 20.1 Å². The Kier molecular flexibility index (Phi) is 59.9. The Morgan fingerprint density at radius 3 is 0.959 bits per heavy atom. The summed E-state index contributed by atoms with van der Waals surface area (Å²) in [5.41, 5.74) is 5.38. The van der Waals surface area contributed by atoms with E-state index in [-0.39, 0.29) is 38.6 Å². The topological polar surface area (TPSA) is 134 Å². The third kappa shape index (κ3) is 60.0. The summed E-state index contributed by atoms with van der Waals surface area (Å²) in [6, 6.07) is 0. The van der Waals surface area contributed by atoms with Crippen molar-refractivity contribution in [1.29, 1.82) is 0 Å². The van der Waals surface area contributed by atoms with Crippen LogP contribution in [0.4, 0.5) is 0 Å². The number of ether oxygens (including phenoxy) is 2. The summed E-state index contributed by atoms with van der Waals surface area (Å²) in [4.78, 5) is 35.1. The van der Waals surface area contributed by atoms with Gasteiger partial charge in [0.25, 0.3) is 0 Å². The van der Waals surface area contributed by atoms with Gasteiger partial charge >= 0.3 is 19.8 Å². The molecule has 0 spiro atoms. The van der Waals surface area contributed by atoms with Gasteiger partial charge in [-0.05, 0) is 38.5 Å². The average Bonchev–Trinajstić information content (AvgIpc) is 3.39. The molecule has 0 aliphatic rings. The number of hydrogen-bond donors (Lipinski definition) is 2. The number of allylic oxidation sites excluding steroid dienone is 2. The van der Waals surface area contributed by atoms with Crippen LogP contribution in [0.2, 0.25) is 0 Å². The third-order valence-electron chi connectivity index (χ3n) is 14.9. The predicted molar refractivity (Wildman–Crippen MR) is 317 cm³/mol. The van der Waals surface area contributed by atoms with Gasteiger partial charge in [0.1, 0.15) is 6.61 Å². The van der Waals surface area contributed by atoms with E-state index >= 15 is 0 Å². The molecule has 2 unspecified atom stereocenters. The van der Waals surface area contributed by atoms with Crippen molar-refractivity contribution in [3.63, 3.8) is 0 Å². The fraction of sp³-hybridized carbons (Fsp3) is 0.938. The first-order chi connectivity index (χ1) is 36.3. The van der Waals surface area contributed by atoms with Crippen LogP contribution >= 0.6 is 7.82 Å². The largest absolute Gasteiger partial charge is 0.472 e. The van der Waals surface area contributed by atoms with Crippen molar-refractivity contribution >= 4 is 19.8 Å². The molecule has 0 rings (SSSR count). The minimum atomic E-state index is -4.38. The lowest BCUT2D eigenvalue weighted by Gasteiger charge is -2.19. The molecule has 0 aromatic heterocycles. The molecule has 0 fully saturated rings. The highest BCUT2D eigenvalue weighted by Crippen LogP contribution is 2.43. The fourth-order valence-electron chi connectivity index (χ4n) is 10.0. The number of carbonyl (C=O) groups is 2. The Hall–Kier alpha value is -1.25. The van der Waals surface area contributed by atoms with Crippen molar-refractivity contribution in [2.45, 2.75) is 360 Å². The summed E-state index contributed by atoms with van der Waals surface area (Å²) in [6.07, 6.45) is 71.8. The van der Waals surface area contributed by atoms with Gasteiger partial charge in [-0.25, -0.2) is 4.57 Å². The van der Waals surface area contributed by atoms with E-state index < -0.39 is 26.5 Å². The van der Waals surface area contributed by atoms with Crippen molar-refractivity contribution in [3.8, 4) is 0 Å². The van der Waals surface area contributed by atoms with E-state index in [0.717, 1.165) is 32.1 Å². The second-order valence-corrected chi connectivity index (χ2v) is 23.8. The van der Waals surface area contributed by atoms with Crippen LogP contribution in [-0.2, 0) is 32.7 Å². The molecular weight excluding hydrogens is 942 g/mol. The molecule has 0 aromatic rings. The summed E-state index contributed by atoms with van der Waals surface area (Å²) in [6.45, 7) is 3.81. The van der Waals surface area contributed by atoms with Crippen LogP contribution in [0.1, 0.15) is 354 Å². The van der Waals surface area contributed by atoms with Crippen molar-refractivity contribution < 1.29 is 37.6 Å². The Bertz CT molecular complexity index is 1220. The normalized spacial score (nSPS) is 13.0. The molecule has 9 nitrogen and oxygen atoms in total. The average molecular weight is 1070 g/mol. The molecule has 0 aliphatic heterocycles. The van der Waals surface area contributed by atoms with Gasteiger partial charge in [-0.1, -0.05) is 315 Å². The van der Waals surface area contributed by atoms with E-state index in [9.17, 15) is 19.0 Å². The first kappa shape index (κ1) is 72.8. The van der Waals surface area contributed by atoms with Crippen molar-refractivity contribution in [3.05, 3.63) is 12.2 Å². The zero-order valence-electron chi connectivity index (χ0n) is 49.4. The van der Waals surface area contributed by atoms with E-state index in [0.29, 0.717) is 6.42 Å². The Morgan fingerprint density at radius 1 is 0.392 bits per heavy atom. The second-order valence-electron chi connectivity index (χ2n) is 22.3. The van der Waals surface area contributed by atoms with Crippen LogP contribution in [0.25, 0.3) is 0 Å². The number of esters is 2. The summed E-state index contributed by atoms with van der Waals surface area (Å²) >= 11 is 0. The van der Waals surface area contributed by atoms with Gasteiger partial charge in [-0.2, -0.15) is 0 Å². The highest BCUT2D eigenvalue weighted by Gasteiger charge is 2.26. The zero-order chi connectivity index (χ0) is 53.8. The summed E-state index contributed by atoms with van der Waals surface area (Å²) in [5, 5.41) is 0. The highest BCUT2D eigenvalue weighted by atomic mass is 31.2. The standard InChI is InChI=1S/C64H126NO8P/c1-3-5-7-9-11-13-15-17-19-20-21-22-23-24-25-26-27-28-29-30-31-32-33-34-35-36-37-38-39-40-41-42-43-45-47-49-51-53-55-57-64(67)73-62(61-72-74(68,69)71-59-58-65)60-70-63(66)56-54-52-50-48-46-44-18-16-14-12-10-8-6-4-2/h20-21,62H,3-19,22-61,65H2,1-2H3,(H,68,69)/b21-20-. The zero-order valence-corrected chi connectivity index (χ0v) is 50.3. The van der Waals surface area contributed by atoms with Crippen LogP contribution < -0.4 is 5.73 Å². The van der Waals surface area contributed by atoms with Gasteiger partial charge in [-0.15, -0.1) is 0 Å². The van der Waals surface area contributed by atoms with Crippen molar-refractivity contribution in [1.82, 2.24) is 0 Å². The number of hydrogen-bond acceptors (Lipinski definition) is 8. The summed E-state index contributed by atoms with van der Waals surface area (Å²) < 4.78 is 33.0. The first-order valence-electron chi connectivity index (χ1n) is 32.7. The fourth-order valence-corrected chi connectivity index (χ4v) is 10.8. The van der Waals surface area contributed by atoms with Crippen LogP contribution in [0.3, 0.4) is 0 Å². The molecule has 0 aromatic carbocycles. The monoisotopic (exact) mass is 1070 g/mol. The van der Waals surface area contributed by atoms with Crippen LogP contribution in [0, 0.1) is 0 Å². The van der Waals surface area contributed by atoms with E-state index in [1.807, 2.05) is 0 Å². The maximum atomic E-state index is 12.7. The predicted octanol–water partition coefficient (Wildman–Crippen LogP) is 20.8. The smallest absolute Gasteiger partial charge is 0.462 e. The second kappa shape index (κ2) is 61.0. The van der Waals surface area contributed by atoms with E-state index in [1.165, 1.54) is 289 Å². The van der Waals surface area contributed by atoms with Crippen LogP contribution in [0.15, 0.2) is 12.2 Å². The number of phosphoric ester groups is 1. The third-order valence-corrected chi connectivity index (χ3v) is 15.9. The number of carbonyl (C=O) groups excluding carboxylic acids is 2. The molecule has 0 bridgehead atoms. The van der Waals surface area contributed by atoms with Gasteiger partial charge in [0.05, 0.1) is 13.2 Å². The number of unbranched alkanes of at least 4 members (excludes halogenated alkanes) is 48. The van der Waals surface area contributed by atoms with Crippen LogP contribution in [0.5, 0.6) is 0 Å². The Labute approximate surface area is 460 Å². The van der Waals surface area contributed by atoms with Gasteiger partial charge in [-0.3, -0.25) is 18.6 Å². The van der Waals surface area contributed by atoms with E-state index in [1.54, 1.807) is 0 Å². The lowest BCUT2D eigenvalue weighted by molar-refractivity contribution is -0.161. The first-order valence-corrected chi connectivity index (χ1v) is 34.2. The molecule has 0 heterocycles. The quantitative estimate of drug-likeness (QED) is 0.0264. The van der Waals surface area contributed by atoms with E-state index in [4.69, 9.17) is 24.3 Å². The molecule has 0 aliphatic carbocycles. The number of rotatable bonds is 63. The van der Waals surface area contributed by atoms with E-state index in [2.05, 4.69) is 26.0 Å². The maximum absolute atomic E-state index is 12.7. The number of nitrogens with two attached hydrogens (primary N) is 1. The molecule has 74 heavy (non-hydrogen) atoms. The lowest BCUT2D eigenvalue weighted by atomic mass is 10.0. The Balaban J connectivity index is 3.70.